The molecule has 0 atom stereocenters. The molecule has 1 heterocycles. The van der Waals surface area contributed by atoms with E-state index < -0.39 is 24.4 Å². The first-order valence-electron chi connectivity index (χ1n) is 8.58. The van der Waals surface area contributed by atoms with Gasteiger partial charge >= 0.3 is 6.18 Å². The van der Waals surface area contributed by atoms with Crippen LogP contribution in [-0.4, -0.2) is 28.5 Å². The number of aromatic nitrogens is 1. The minimum atomic E-state index is -4.60. The molecule has 0 aliphatic carbocycles. The lowest BCUT2D eigenvalue weighted by Gasteiger charge is -2.25. The predicted octanol–water partition coefficient (Wildman–Crippen LogP) is 4.76. The van der Waals surface area contributed by atoms with E-state index in [-0.39, 0.29) is 23.0 Å². The topological polar surface area (TPSA) is 57.0 Å². The molecule has 0 aliphatic heterocycles. The quantitative estimate of drug-likeness (QED) is 0.593. The number of halogens is 4. The molecule has 0 radical (unpaired) electrons. The molecular formula is C21H15F4N3O. The SMILES string of the molecule is Cc1cc(C(=O)N(Cc2ccc(C#N)cc2)CC(F)(F)F)c2ccc(F)cc2n1. The van der Waals surface area contributed by atoms with Gasteiger partial charge in [-0.2, -0.15) is 18.4 Å². The van der Waals surface area contributed by atoms with Crippen molar-refractivity contribution in [2.24, 2.45) is 0 Å². The van der Waals surface area contributed by atoms with Crippen LogP contribution in [0.4, 0.5) is 17.6 Å². The molecule has 29 heavy (non-hydrogen) atoms. The third kappa shape index (κ3) is 4.88. The Bertz CT molecular complexity index is 1100. The Morgan fingerprint density at radius 1 is 1.14 bits per heavy atom. The molecule has 8 heteroatoms. The highest BCUT2D eigenvalue weighted by Gasteiger charge is 2.34. The number of aryl methyl sites for hydroxylation is 1. The van der Waals surface area contributed by atoms with Crippen LogP contribution in [0.2, 0.25) is 0 Å². The average molecular weight is 401 g/mol. The van der Waals surface area contributed by atoms with Gasteiger partial charge in [-0.15, -0.1) is 0 Å². The van der Waals surface area contributed by atoms with Gasteiger partial charge in [0.25, 0.3) is 5.91 Å². The van der Waals surface area contributed by atoms with Gasteiger partial charge in [-0.3, -0.25) is 9.78 Å². The summed E-state index contributed by atoms with van der Waals surface area (Å²) in [5.41, 5.74) is 1.41. The van der Waals surface area contributed by atoms with E-state index in [1.807, 2.05) is 6.07 Å². The van der Waals surface area contributed by atoms with Crippen LogP contribution in [0.3, 0.4) is 0 Å². The smallest absolute Gasteiger partial charge is 0.325 e. The van der Waals surface area contributed by atoms with Crippen LogP contribution in [0.25, 0.3) is 10.9 Å². The van der Waals surface area contributed by atoms with E-state index in [2.05, 4.69) is 4.98 Å². The van der Waals surface area contributed by atoms with Crippen LogP contribution in [-0.2, 0) is 6.54 Å². The molecule has 3 aromatic rings. The van der Waals surface area contributed by atoms with Gasteiger partial charge in [0.1, 0.15) is 12.4 Å². The van der Waals surface area contributed by atoms with Gasteiger partial charge in [0.15, 0.2) is 0 Å². The zero-order valence-electron chi connectivity index (χ0n) is 15.3. The lowest BCUT2D eigenvalue weighted by molar-refractivity contribution is -0.141. The number of pyridine rings is 1. The van der Waals surface area contributed by atoms with Crippen LogP contribution in [0, 0.1) is 24.1 Å². The van der Waals surface area contributed by atoms with Crippen molar-refractivity contribution in [3.05, 3.63) is 76.7 Å². The number of fused-ring (bicyclic) bond motifs is 1. The lowest BCUT2D eigenvalue weighted by Crippen LogP contribution is -2.38. The summed E-state index contributed by atoms with van der Waals surface area (Å²) in [5, 5.41) is 9.12. The van der Waals surface area contributed by atoms with Crippen LogP contribution < -0.4 is 0 Å². The first kappa shape index (κ1) is 20.3. The van der Waals surface area contributed by atoms with Gasteiger partial charge in [-0.25, -0.2) is 4.39 Å². The summed E-state index contributed by atoms with van der Waals surface area (Å²) in [5.74, 6) is -1.40. The number of nitrogens with zero attached hydrogens (tertiary/aromatic N) is 3. The Kier molecular flexibility index (Phi) is 5.50. The standard InChI is InChI=1S/C21H15F4N3O/c1-13-8-18(17-7-6-16(22)9-19(17)27-13)20(29)28(12-21(23,24)25)11-15-4-2-14(10-26)3-5-15/h2-9H,11-12H2,1H3. The molecule has 3 rings (SSSR count). The van der Waals surface area contributed by atoms with Crippen molar-refractivity contribution in [1.82, 2.24) is 9.88 Å². The van der Waals surface area contributed by atoms with Crippen LogP contribution in [0.15, 0.2) is 48.5 Å². The number of amides is 1. The lowest BCUT2D eigenvalue weighted by atomic mass is 10.1. The minimum Gasteiger partial charge on any atom is -0.325 e. The van der Waals surface area contributed by atoms with E-state index in [1.165, 1.54) is 36.4 Å². The molecule has 1 aromatic heterocycles. The molecule has 0 N–H and O–H groups in total. The van der Waals surface area contributed by atoms with Crippen molar-refractivity contribution < 1.29 is 22.4 Å². The number of rotatable bonds is 4. The molecule has 0 saturated heterocycles. The summed E-state index contributed by atoms with van der Waals surface area (Å²) in [6.07, 6.45) is -4.60. The normalized spacial score (nSPS) is 11.3. The number of carbonyl (C=O) groups excluding carboxylic acids is 1. The monoisotopic (exact) mass is 401 g/mol. The first-order chi connectivity index (χ1) is 13.7. The number of alkyl halides is 3. The predicted molar refractivity (Wildman–Crippen MR) is 98.4 cm³/mol. The second-order valence-electron chi connectivity index (χ2n) is 6.56. The highest BCUT2D eigenvalue weighted by Crippen LogP contribution is 2.25. The van der Waals surface area contributed by atoms with Gasteiger partial charge in [-0.05, 0) is 42.8 Å². The molecule has 1 amide bonds. The molecule has 4 nitrogen and oxygen atoms in total. The summed E-state index contributed by atoms with van der Waals surface area (Å²) < 4.78 is 53.0. The van der Waals surface area contributed by atoms with Gasteiger partial charge < -0.3 is 4.90 Å². The number of hydrogen-bond donors (Lipinski definition) is 0. The molecule has 0 aliphatic rings. The van der Waals surface area contributed by atoms with Gasteiger partial charge in [0.05, 0.1) is 22.7 Å². The minimum absolute atomic E-state index is 0.0189. The highest BCUT2D eigenvalue weighted by atomic mass is 19.4. The fraction of sp³-hybridized carbons (Fsp3) is 0.190. The Labute approximate surface area is 164 Å². The van der Waals surface area contributed by atoms with E-state index >= 15 is 0 Å². The molecule has 0 unspecified atom stereocenters. The Balaban J connectivity index is 2.02. The van der Waals surface area contributed by atoms with Crippen LogP contribution >= 0.6 is 0 Å². The maximum absolute atomic E-state index is 13.5. The highest BCUT2D eigenvalue weighted by molar-refractivity contribution is 6.06. The van der Waals surface area contributed by atoms with E-state index in [0.29, 0.717) is 21.7 Å². The maximum Gasteiger partial charge on any atom is 0.406 e. The molecular weight excluding hydrogens is 386 g/mol. The van der Waals surface area contributed by atoms with Crippen molar-refractivity contribution in [1.29, 1.82) is 5.26 Å². The summed E-state index contributed by atoms with van der Waals surface area (Å²) in [4.78, 5) is 17.9. The van der Waals surface area contributed by atoms with Crippen LogP contribution in [0.1, 0.15) is 27.2 Å². The van der Waals surface area contributed by atoms with Crippen molar-refractivity contribution >= 4 is 16.8 Å². The Hall–Kier alpha value is -3.47. The van der Waals surface area contributed by atoms with Gasteiger partial charge in [0, 0.05) is 23.7 Å². The van der Waals surface area contributed by atoms with E-state index in [1.54, 1.807) is 6.92 Å². The zero-order valence-corrected chi connectivity index (χ0v) is 15.3. The molecule has 2 aromatic carbocycles. The number of benzene rings is 2. The molecule has 0 saturated carbocycles. The second kappa shape index (κ2) is 7.87. The van der Waals surface area contributed by atoms with Crippen LogP contribution in [0.5, 0.6) is 0 Å². The number of carbonyl (C=O) groups is 1. The average Bonchev–Trinajstić information content (AvgIpc) is 2.65. The van der Waals surface area contributed by atoms with Crippen molar-refractivity contribution in [2.45, 2.75) is 19.6 Å². The largest absolute Gasteiger partial charge is 0.406 e. The van der Waals surface area contributed by atoms with Gasteiger partial charge in [-0.1, -0.05) is 12.1 Å². The van der Waals surface area contributed by atoms with Crippen molar-refractivity contribution in [3.63, 3.8) is 0 Å². The molecule has 0 fully saturated rings. The second-order valence-corrected chi connectivity index (χ2v) is 6.56. The summed E-state index contributed by atoms with van der Waals surface area (Å²) in [6, 6.07) is 12.9. The fourth-order valence-electron chi connectivity index (χ4n) is 3.00. The summed E-state index contributed by atoms with van der Waals surface area (Å²) >= 11 is 0. The Morgan fingerprint density at radius 2 is 1.83 bits per heavy atom. The number of hydrogen-bond acceptors (Lipinski definition) is 3. The zero-order chi connectivity index (χ0) is 21.2. The van der Waals surface area contributed by atoms with E-state index in [9.17, 15) is 22.4 Å². The Morgan fingerprint density at radius 3 is 2.45 bits per heavy atom. The van der Waals surface area contributed by atoms with E-state index in [4.69, 9.17) is 5.26 Å². The third-order valence-electron chi connectivity index (χ3n) is 4.24. The molecule has 148 valence electrons. The molecule has 0 bridgehead atoms. The fourth-order valence-corrected chi connectivity index (χ4v) is 3.00. The number of nitriles is 1. The van der Waals surface area contributed by atoms with Crippen molar-refractivity contribution in [2.75, 3.05) is 6.54 Å². The first-order valence-corrected chi connectivity index (χ1v) is 8.58. The summed E-state index contributed by atoms with van der Waals surface area (Å²) in [7, 11) is 0. The third-order valence-corrected chi connectivity index (χ3v) is 4.24. The van der Waals surface area contributed by atoms with E-state index in [0.717, 1.165) is 12.1 Å². The summed E-state index contributed by atoms with van der Waals surface area (Å²) in [6.45, 7) is -0.167. The van der Waals surface area contributed by atoms with Gasteiger partial charge in [0.2, 0.25) is 0 Å². The molecule has 0 spiro atoms. The van der Waals surface area contributed by atoms with Crippen molar-refractivity contribution in [3.8, 4) is 6.07 Å². The maximum atomic E-state index is 13.5.